The van der Waals surface area contributed by atoms with Crippen molar-refractivity contribution in [1.82, 2.24) is 15.5 Å². The van der Waals surface area contributed by atoms with Gasteiger partial charge >= 0.3 is 5.97 Å². The molecule has 31 heavy (non-hydrogen) atoms. The fraction of sp³-hybridized carbons (Fsp3) is 0.417. The van der Waals surface area contributed by atoms with Crippen molar-refractivity contribution >= 4 is 27.9 Å². The maximum absolute atomic E-state index is 12.9. The Balaban J connectivity index is 1.34. The fourth-order valence-electron chi connectivity index (χ4n) is 4.51. The molecule has 0 aliphatic carbocycles. The second-order valence-electron chi connectivity index (χ2n) is 8.39. The molecular formula is C24H27N3O4. The van der Waals surface area contributed by atoms with E-state index in [2.05, 4.69) is 15.5 Å². The first-order valence-corrected chi connectivity index (χ1v) is 11.0. The molecule has 2 aliphatic heterocycles. The molecule has 3 heterocycles. The Morgan fingerprint density at radius 3 is 2.90 bits per heavy atom. The predicted molar refractivity (Wildman–Crippen MR) is 119 cm³/mol. The number of carbonyl (C=O) groups excluding carboxylic acids is 1. The van der Waals surface area contributed by atoms with Crippen molar-refractivity contribution in [2.45, 2.75) is 38.1 Å². The van der Waals surface area contributed by atoms with Crippen LogP contribution in [0, 0.1) is 0 Å². The Hall–Kier alpha value is -2.74. The summed E-state index contributed by atoms with van der Waals surface area (Å²) < 4.78 is 11.7. The predicted octanol–water partition coefficient (Wildman–Crippen LogP) is 2.53. The van der Waals surface area contributed by atoms with Crippen molar-refractivity contribution in [3.05, 3.63) is 58.3 Å². The van der Waals surface area contributed by atoms with E-state index in [-0.39, 0.29) is 23.8 Å². The second kappa shape index (κ2) is 8.42. The number of carbonyl (C=O) groups is 1. The van der Waals surface area contributed by atoms with Crippen molar-refractivity contribution in [3.8, 4) is 0 Å². The number of rotatable bonds is 3. The molecule has 2 unspecified atom stereocenters. The summed E-state index contributed by atoms with van der Waals surface area (Å²) in [6.07, 6.45) is 1.78. The minimum atomic E-state index is -0.484. The Bertz CT molecular complexity index is 1170. The lowest BCUT2D eigenvalue weighted by Gasteiger charge is -2.39. The zero-order valence-corrected chi connectivity index (χ0v) is 17.6. The minimum absolute atomic E-state index is 0.0887. The van der Waals surface area contributed by atoms with E-state index >= 15 is 0 Å². The van der Waals surface area contributed by atoms with Gasteiger partial charge in [0.1, 0.15) is 11.2 Å². The second-order valence-corrected chi connectivity index (χ2v) is 8.39. The van der Waals surface area contributed by atoms with Gasteiger partial charge in [0.2, 0.25) is 5.43 Å². The molecule has 2 aromatic carbocycles. The Kier molecular flexibility index (Phi) is 5.48. The van der Waals surface area contributed by atoms with E-state index in [4.69, 9.17) is 9.15 Å². The summed E-state index contributed by atoms with van der Waals surface area (Å²) in [5.74, 6) is -0.778. The van der Waals surface area contributed by atoms with Gasteiger partial charge in [0.25, 0.3) is 0 Å². The van der Waals surface area contributed by atoms with E-state index in [0.29, 0.717) is 21.9 Å². The molecule has 0 bridgehead atoms. The number of nitrogens with zero attached hydrogens (tertiary/aromatic N) is 1. The summed E-state index contributed by atoms with van der Waals surface area (Å²) in [7, 11) is 0. The Labute approximate surface area is 180 Å². The van der Waals surface area contributed by atoms with Gasteiger partial charge in [-0.3, -0.25) is 19.8 Å². The molecule has 1 aromatic heterocycles. The molecular weight excluding hydrogens is 394 g/mol. The van der Waals surface area contributed by atoms with Gasteiger partial charge in [-0.05, 0) is 49.7 Å². The van der Waals surface area contributed by atoms with Crippen LogP contribution in [-0.4, -0.2) is 49.4 Å². The van der Waals surface area contributed by atoms with Crippen molar-refractivity contribution in [3.63, 3.8) is 0 Å². The number of hydrogen-bond donors (Lipinski definition) is 2. The van der Waals surface area contributed by atoms with Crippen LogP contribution in [0.2, 0.25) is 0 Å². The lowest BCUT2D eigenvalue weighted by atomic mass is 9.99. The summed E-state index contributed by atoms with van der Waals surface area (Å²) in [4.78, 5) is 28.2. The van der Waals surface area contributed by atoms with Gasteiger partial charge in [0, 0.05) is 26.1 Å². The molecule has 0 amide bonds. The highest BCUT2D eigenvalue weighted by Gasteiger charge is 2.31. The molecule has 7 nitrogen and oxygen atoms in total. The third kappa shape index (κ3) is 3.96. The van der Waals surface area contributed by atoms with E-state index in [9.17, 15) is 9.59 Å². The van der Waals surface area contributed by atoms with E-state index in [1.165, 1.54) is 0 Å². The van der Waals surface area contributed by atoms with E-state index < -0.39 is 5.92 Å². The summed E-state index contributed by atoms with van der Waals surface area (Å²) in [6, 6.07) is 12.5. The molecule has 162 valence electrons. The molecule has 3 atom stereocenters. The first kappa shape index (κ1) is 20.2. The molecule has 0 spiro atoms. The van der Waals surface area contributed by atoms with Gasteiger partial charge in [-0.25, -0.2) is 0 Å². The Morgan fingerprint density at radius 1 is 1.16 bits per heavy atom. The summed E-state index contributed by atoms with van der Waals surface area (Å²) in [6.45, 7) is 5.64. The van der Waals surface area contributed by atoms with Crippen LogP contribution in [0.15, 0.2) is 51.7 Å². The van der Waals surface area contributed by atoms with Gasteiger partial charge in [-0.15, -0.1) is 0 Å². The van der Waals surface area contributed by atoms with Crippen LogP contribution in [-0.2, 0) is 9.53 Å². The molecule has 3 aromatic rings. The van der Waals surface area contributed by atoms with E-state index in [1.807, 2.05) is 25.1 Å². The van der Waals surface area contributed by atoms with Crippen molar-refractivity contribution in [2.75, 3.05) is 26.2 Å². The Morgan fingerprint density at radius 2 is 2.00 bits per heavy atom. The first-order valence-electron chi connectivity index (χ1n) is 11.0. The largest absolute Gasteiger partial charge is 0.456 e. The lowest BCUT2D eigenvalue weighted by molar-refractivity contribution is -0.156. The average molecular weight is 421 g/mol. The van der Waals surface area contributed by atoms with E-state index in [0.717, 1.165) is 44.6 Å². The van der Waals surface area contributed by atoms with Crippen LogP contribution in [0.25, 0.3) is 21.9 Å². The van der Waals surface area contributed by atoms with Crippen LogP contribution in [0.4, 0.5) is 0 Å². The highest BCUT2D eigenvalue weighted by atomic mass is 16.6. The number of fused-ring (bicyclic) bond motifs is 3. The highest BCUT2D eigenvalue weighted by molar-refractivity contribution is 5.90. The fourth-order valence-corrected chi connectivity index (χ4v) is 4.51. The zero-order chi connectivity index (χ0) is 21.4. The number of hydrogen-bond acceptors (Lipinski definition) is 7. The van der Waals surface area contributed by atoms with Gasteiger partial charge < -0.3 is 14.5 Å². The number of nitrogens with one attached hydrogen (secondary N) is 2. The lowest BCUT2D eigenvalue weighted by Crippen LogP contribution is -2.59. The number of para-hydroxylation sites is 1. The molecule has 5 rings (SSSR count). The number of ether oxygens (including phenoxy) is 1. The first-order chi connectivity index (χ1) is 15.1. The summed E-state index contributed by atoms with van der Waals surface area (Å²) in [5.41, 5.74) is 1.73. The molecule has 7 heteroatoms. The minimum Gasteiger partial charge on any atom is -0.456 e. The number of esters is 1. The van der Waals surface area contributed by atoms with Gasteiger partial charge in [0.05, 0.1) is 22.9 Å². The zero-order valence-electron chi connectivity index (χ0n) is 17.6. The highest BCUT2D eigenvalue weighted by Crippen LogP contribution is 2.25. The van der Waals surface area contributed by atoms with Gasteiger partial charge in [0.15, 0.2) is 6.23 Å². The standard InChI is InChI=1S/C24H27N3O4/c1-15(24(29)31-22-9-12-27-11-4-10-25-14-21(27)26-22)16-7-8-20-18(13-16)23(28)17-5-2-3-6-19(17)30-20/h2-3,5-8,13,15,21-22,25-26H,4,9-12,14H2,1H3/t15?,21-,22?/m0/s1. The smallest absolute Gasteiger partial charge is 0.314 e. The maximum atomic E-state index is 12.9. The van der Waals surface area contributed by atoms with Crippen LogP contribution in [0.3, 0.4) is 0 Å². The monoisotopic (exact) mass is 421 g/mol. The molecule has 2 aliphatic rings. The molecule has 0 saturated carbocycles. The topological polar surface area (TPSA) is 83.8 Å². The SMILES string of the molecule is CC(C(=O)OC1CCN2CCCNC[C@H]2N1)c1ccc2oc3ccccc3c(=O)c2c1. The molecule has 2 fully saturated rings. The van der Waals surface area contributed by atoms with Crippen molar-refractivity contribution in [1.29, 1.82) is 0 Å². The quantitative estimate of drug-likeness (QED) is 0.497. The van der Waals surface area contributed by atoms with Gasteiger partial charge in [-0.1, -0.05) is 18.2 Å². The third-order valence-corrected chi connectivity index (χ3v) is 6.35. The van der Waals surface area contributed by atoms with Crippen LogP contribution in [0.1, 0.15) is 31.2 Å². The molecule has 2 N–H and O–H groups in total. The van der Waals surface area contributed by atoms with Crippen molar-refractivity contribution < 1.29 is 13.9 Å². The van der Waals surface area contributed by atoms with Crippen LogP contribution in [0.5, 0.6) is 0 Å². The van der Waals surface area contributed by atoms with Crippen LogP contribution >= 0.6 is 0 Å². The van der Waals surface area contributed by atoms with Crippen LogP contribution < -0.4 is 16.1 Å². The molecule has 2 saturated heterocycles. The number of benzene rings is 2. The average Bonchev–Trinajstić information content (AvgIpc) is 3.03. The normalized spacial score (nSPS) is 23.3. The van der Waals surface area contributed by atoms with Gasteiger partial charge in [-0.2, -0.15) is 0 Å². The summed E-state index contributed by atoms with van der Waals surface area (Å²) >= 11 is 0. The maximum Gasteiger partial charge on any atom is 0.314 e. The summed E-state index contributed by atoms with van der Waals surface area (Å²) in [5, 5.41) is 7.88. The molecule has 0 radical (unpaired) electrons. The van der Waals surface area contributed by atoms with E-state index in [1.54, 1.807) is 24.3 Å². The van der Waals surface area contributed by atoms with Crippen molar-refractivity contribution in [2.24, 2.45) is 0 Å². The third-order valence-electron chi connectivity index (χ3n) is 6.35.